The predicted molar refractivity (Wildman–Crippen MR) is 150 cm³/mol. The number of benzene rings is 3. The summed E-state index contributed by atoms with van der Waals surface area (Å²) in [4.78, 5) is 45.2. The molecule has 1 unspecified atom stereocenters. The minimum Gasteiger partial charge on any atom is -0.345 e. The van der Waals surface area contributed by atoms with Crippen molar-refractivity contribution in [1.82, 2.24) is 10.6 Å². The Morgan fingerprint density at radius 3 is 2.27 bits per heavy atom. The Balaban J connectivity index is 1.59. The minimum atomic E-state index is -4.49. The lowest BCUT2D eigenvalue weighted by atomic mass is 10.00. The molecule has 1 aliphatic rings. The summed E-state index contributed by atoms with van der Waals surface area (Å²) in [7, 11) is 0. The first-order valence-electron chi connectivity index (χ1n) is 13.4. The van der Waals surface area contributed by atoms with Crippen molar-refractivity contribution in [3.8, 4) is 0 Å². The zero-order chi connectivity index (χ0) is 29.4. The molecule has 0 aliphatic carbocycles. The van der Waals surface area contributed by atoms with E-state index in [2.05, 4.69) is 15.6 Å². The molecule has 10 heteroatoms. The van der Waals surface area contributed by atoms with E-state index in [1.807, 2.05) is 84.9 Å². The number of nitrogens with one attached hydrogen (secondary N) is 2. The highest BCUT2D eigenvalue weighted by Gasteiger charge is 2.34. The van der Waals surface area contributed by atoms with Gasteiger partial charge in [0.15, 0.2) is 0 Å². The maximum Gasteiger partial charge on any atom is 0.389 e. The van der Waals surface area contributed by atoms with Crippen LogP contribution in [0.15, 0.2) is 89.9 Å². The van der Waals surface area contributed by atoms with E-state index in [0.717, 1.165) is 23.1 Å². The van der Waals surface area contributed by atoms with E-state index < -0.39 is 48.9 Å². The third-order valence-corrected chi connectivity index (χ3v) is 6.63. The van der Waals surface area contributed by atoms with Crippen LogP contribution in [0, 0.1) is 0 Å². The van der Waals surface area contributed by atoms with Crippen molar-refractivity contribution in [2.24, 2.45) is 4.99 Å². The average molecular weight is 565 g/mol. The minimum absolute atomic E-state index is 0.360. The number of hydrogen-bond donors (Lipinski definition) is 2. The molecule has 41 heavy (non-hydrogen) atoms. The maximum absolute atomic E-state index is 13.9. The van der Waals surface area contributed by atoms with Gasteiger partial charge in [0, 0.05) is 24.1 Å². The number of para-hydroxylation sites is 1. The smallest absolute Gasteiger partial charge is 0.345 e. The molecule has 3 amide bonds. The number of aryl methyl sites for hydroxylation is 1. The van der Waals surface area contributed by atoms with Gasteiger partial charge in [-0.3, -0.25) is 14.4 Å². The number of nitrogens with zero attached hydrogens (tertiary/aromatic N) is 2. The highest BCUT2D eigenvalue weighted by Crippen LogP contribution is 2.29. The van der Waals surface area contributed by atoms with Crippen molar-refractivity contribution in [3.05, 3.63) is 102 Å². The first-order valence-corrected chi connectivity index (χ1v) is 13.4. The van der Waals surface area contributed by atoms with Gasteiger partial charge in [0.2, 0.25) is 18.0 Å². The largest absolute Gasteiger partial charge is 0.389 e. The second-order valence-electron chi connectivity index (χ2n) is 9.76. The molecule has 0 spiro atoms. The van der Waals surface area contributed by atoms with E-state index in [9.17, 15) is 27.6 Å². The fourth-order valence-corrected chi connectivity index (χ4v) is 4.56. The Morgan fingerprint density at radius 1 is 0.951 bits per heavy atom. The van der Waals surface area contributed by atoms with Crippen LogP contribution in [0.3, 0.4) is 0 Å². The van der Waals surface area contributed by atoms with Crippen LogP contribution in [-0.2, 0) is 20.8 Å². The summed E-state index contributed by atoms with van der Waals surface area (Å²) in [6.45, 7) is 1.70. The number of aliphatic imine (C=N–C) groups is 1. The van der Waals surface area contributed by atoms with Crippen LogP contribution in [0.2, 0.25) is 0 Å². The molecule has 1 aliphatic heterocycles. The van der Waals surface area contributed by atoms with Crippen LogP contribution < -0.4 is 15.5 Å². The second-order valence-corrected chi connectivity index (χ2v) is 9.76. The van der Waals surface area contributed by atoms with Gasteiger partial charge in [0.05, 0.1) is 17.8 Å². The van der Waals surface area contributed by atoms with Crippen molar-refractivity contribution in [2.75, 3.05) is 11.4 Å². The normalized spacial score (nSPS) is 15.8. The summed E-state index contributed by atoms with van der Waals surface area (Å²) in [6.07, 6.45) is -6.53. The molecule has 0 saturated heterocycles. The zero-order valence-corrected chi connectivity index (χ0v) is 22.5. The molecule has 3 aromatic carbocycles. The van der Waals surface area contributed by atoms with Gasteiger partial charge in [-0.2, -0.15) is 13.2 Å². The van der Waals surface area contributed by atoms with Gasteiger partial charge in [-0.05, 0) is 31.4 Å². The molecule has 2 N–H and O–H groups in total. The fourth-order valence-electron chi connectivity index (χ4n) is 4.56. The first kappa shape index (κ1) is 29.5. The molecule has 3 aromatic rings. The van der Waals surface area contributed by atoms with Crippen LogP contribution in [0.25, 0.3) is 0 Å². The van der Waals surface area contributed by atoms with E-state index in [0.29, 0.717) is 24.4 Å². The zero-order valence-electron chi connectivity index (χ0n) is 22.5. The lowest BCUT2D eigenvalue weighted by Crippen LogP contribution is -2.53. The number of carbonyl (C=O) groups is 3. The molecule has 1 heterocycles. The lowest BCUT2D eigenvalue weighted by molar-refractivity contribution is -0.144. The number of halogens is 3. The SMILES string of the molecule is C[C@H](NC(=O)CCC(F)(F)F)C(=O)NC1N=C(c2ccccc2)c2ccccc2N(CCCc2ccccc2)C1=O. The Kier molecular flexibility index (Phi) is 9.54. The number of fused-ring (bicyclic) bond motifs is 1. The molecular formula is C31H31F3N4O3. The van der Waals surface area contributed by atoms with Gasteiger partial charge in [0.25, 0.3) is 5.91 Å². The molecule has 0 bridgehead atoms. The summed E-state index contributed by atoms with van der Waals surface area (Å²) in [6, 6.07) is 25.3. The third-order valence-electron chi connectivity index (χ3n) is 6.63. The quantitative estimate of drug-likeness (QED) is 0.371. The van der Waals surface area contributed by atoms with Crippen LogP contribution in [0.1, 0.15) is 42.9 Å². The first-order chi connectivity index (χ1) is 19.6. The van der Waals surface area contributed by atoms with E-state index in [-0.39, 0.29) is 0 Å². The molecule has 2 atom stereocenters. The van der Waals surface area contributed by atoms with Gasteiger partial charge >= 0.3 is 6.18 Å². The van der Waals surface area contributed by atoms with Crippen LogP contribution >= 0.6 is 0 Å². The Bertz CT molecular complexity index is 1390. The summed E-state index contributed by atoms with van der Waals surface area (Å²) in [5.41, 5.74) is 3.75. The third kappa shape index (κ3) is 8.03. The number of hydrogen-bond acceptors (Lipinski definition) is 4. The number of carbonyl (C=O) groups excluding carboxylic acids is 3. The van der Waals surface area contributed by atoms with E-state index >= 15 is 0 Å². The highest BCUT2D eigenvalue weighted by atomic mass is 19.4. The number of anilines is 1. The maximum atomic E-state index is 13.9. The standard InChI is InChI=1S/C31H31F3N4O3/c1-21(35-26(39)18-19-31(32,33)34)29(40)37-28-30(41)38(20-10-13-22-11-4-2-5-12-22)25-17-9-8-16-24(25)27(36-28)23-14-6-3-7-15-23/h2-9,11-12,14-17,21,28H,10,13,18-20H2,1H3,(H,35,39)(H,37,40)/t21-,28?/m0/s1. The van der Waals surface area contributed by atoms with E-state index in [1.165, 1.54) is 6.92 Å². The Labute approximate surface area is 236 Å². The van der Waals surface area contributed by atoms with Gasteiger partial charge in [0.1, 0.15) is 6.04 Å². The molecule has 214 valence electrons. The molecule has 4 rings (SSSR count). The van der Waals surface area contributed by atoms with Crippen molar-refractivity contribution >= 4 is 29.1 Å². The van der Waals surface area contributed by atoms with E-state index in [4.69, 9.17) is 0 Å². The number of alkyl halides is 3. The Hall–Kier alpha value is -4.47. The van der Waals surface area contributed by atoms with Crippen molar-refractivity contribution in [1.29, 1.82) is 0 Å². The topological polar surface area (TPSA) is 90.9 Å². The summed E-state index contributed by atoms with van der Waals surface area (Å²) < 4.78 is 37.5. The number of benzodiazepines with no additional fused rings is 1. The van der Waals surface area contributed by atoms with Gasteiger partial charge < -0.3 is 15.5 Å². The Morgan fingerprint density at radius 2 is 1.59 bits per heavy atom. The summed E-state index contributed by atoms with van der Waals surface area (Å²) in [5.74, 6) is -2.11. The van der Waals surface area contributed by atoms with Crippen LogP contribution in [0.4, 0.5) is 18.9 Å². The van der Waals surface area contributed by atoms with Crippen molar-refractivity contribution in [3.63, 3.8) is 0 Å². The highest BCUT2D eigenvalue weighted by molar-refractivity contribution is 6.20. The molecular weight excluding hydrogens is 533 g/mol. The molecule has 7 nitrogen and oxygen atoms in total. The summed E-state index contributed by atoms with van der Waals surface area (Å²) >= 11 is 0. The van der Waals surface area contributed by atoms with Gasteiger partial charge in [-0.25, -0.2) is 4.99 Å². The number of amides is 3. The van der Waals surface area contributed by atoms with Crippen LogP contribution in [0.5, 0.6) is 0 Å². The van der Waals surface area contributed by atoms with Crippen molar-refractivity contribution < 1.29 is 27.6 Å². The van der Waals surface area contributed by atoms with Crippen LogP contribution in [-0.4, -0.2) is 48.4 Å². The van der Waals surface area contributed by atoms with Crippen molar-refractivity contribution in [2.45, 2.75) is 51.0 Å². The second kappa shape index (κ2) is 13.3. The lowest BCUT2D eigenvalue weighted by Gasteiger charge is -2.26. The summed E-state index contributed by atoms with van der Waals surface area (Å²) in [5, 5.41) is 4.88. The monoisotopic (exact) mass is 564 g/mol. The molecule has 0 radical (unpaired) electrons. The predicted octanol–water partition coefficient (Wildman–Crippen LogP) is 4.79. The fraction of sp³-hybridized carbons (Fsp3) is 0.290. The molecule has 0 aromatic heterocycles. The van der Waals surface area contributed by atoms with Gasteiger partial charge in [-0.1, -0.05) is 78.9 Å². The molecule has 0 saturated carbocycles. The number of rotatable bonds is 10. The van der Waals surface area contributed by atoms with Gasteiger partial charge in [-0.15, -0.1) is 0 Å². The average Bonchev–Trinajstić information content (AvgIpc) is 3.07. The molecule has 0 fully saturated rings. The van der Waals surface area contributed by atoms with E-state index in [1.54, 1.807) is 4.90 Å².